The lowest BCUT2D eigenvalue weighted by Crippen LogP contribution is -2.45. The molecule has 1 aliphatic heterocycles. The topological polar surface area (TPSA) is 151 Å². The van der Waals surface area contributed by atoms with Gasteiger partial charge >= 0.3 is 5.69 Å². The Kier molecular flexibility index (Phi) is 3.46. The van der Waals surface area contributed by atoms with Crippen molar-refractivity contribution in [3.8, 4) is 5.75 Å². The van der Waals surface area contributed by atoms with Gasteiger partial charge in [0.15, 0.2) is 17.8 Å². The third kappa shape index (κ3) is 2.36. The summed E-state index contributed by atoms with van der Waals surface area (Å²) in [6.07, 6.45) is -4.29. The summed E-state index contributed by atoms with van der Waals surface area (Å²) in [4.78, 5) is 15.1. The van der Waals surface area contributed by atoms with Crippen molar-refractivity contribution < 1.29 is 25.2 Å². The molecule has 0 aromatic carbocycles. The van der Waals surface area contributed by atoms with E-state index < -0.39 is 41.6 Å². The molecule has 112 valence electrons. The second kappa shape index (κ2) is 4.70. The Balaban J connectivity index is 2.40. The molecule has 1 aromatic heterocycles. The van der Waals surface area contributed by atoms with Crippen LogP contribution in [0.25, 0.3) is 0 Å². The Bertz CT molecular complexity index is 566. The first-order chi connectivity index (χ1) is 9.12. The molecule has 0 saturated carbocycles. The van der Waals surface area contributed by atoms with Gasteiger partial charge in [-0.05, 0) is 13.8 Å². The molecule has 9 heteroatoms. The SMILES string of the molecule is CC(C)(O)[C@H]1O[C@@H](n2cc(O)c(N)nc2=O)[C@H](O)[C@@H]1O. The molecular formula is C11H17N3O6. The van der Waals surface area contributed by atoms with Gasteiger partial charge in [0.2, 0.25) is 0 Å². The second-order valence-corrected chi connectivity index (χ2v) is 5.28. The first-order valence-corrected chi connectivity index (χ1v) is 5.94. The molecule has 4 atom stereocenters. The minimum atomic E-state index is -1.46. The number of aromatic nitrogens is 2. The van der Waals surface area contributed by atoms with Crippen LogP contribution < -0.4 is 11.4 Å². The molecule has 1 saturated heterocycles. The summed E-state index contributed by atoms with van der Waals surface area (Å²) in [6, 6.07) is 0. The van der Waals surface area contributed by atoms with Gasteiger partial charge in [-0.25, -0.2) is 4.79 Å². The Hall–Kier alpha value is -1.68. The lowest BCUT2D eigenvalue weighted by Gasteiger charge is -2.27. The lowest BCUT2D eigenvalue weighted by atomic mass is 9.96. The van der Waals surface area contributed by atoms with E-state index in [4.69, 9.17) is 10.5 Å². The lowest BCUT2D eigenvalue weighted by molar-refractivity contribution is -0.124. The number of nitrogens with zero attached hydrogens (tertiary/aromatic N) is 2. The smallest absolute Gasteiger partial charge is 0.351 e. The molecule has 0 unspecified atom stereocenters. The predicted molar refractivity (Wildman–Crippen MR) is 66.8 cm³/mol. The summed E-state index contributed by atoms with van der Waals surface area (Å²) in [5.74, 6) is -0.806. The highest BCUT2D eigenvalue weighted by molar-refractivity contribution is 5.41. The van der Waals surface area contributed by atoms with Crippen LogP contribution in [0.3, 0.4) is 0 Å². The van der Waals surface area contributed by atoms with E-state index in [-0.39, 0.29) is 5.82 Å². The molecular weight excluding hydrogens is 270 g/mol. The zero-order valence-electron chi connectivity index (χ0n) is 11.0. The predicted octanol–water partition coefficient (Wildman–Crippen LogP) is -2.08. The quantitative estimate of drug-likeness (QED) is 0.416. The van der Waals surface area contributed by atoms with Crippen LogP contribution >= 0.6 is 0 Å². The van der Waals surface area contributed by atoms with Gasteiger partial charge in [0, 0.05) is 0 Å². The van der Waals surface area contributed by atoms with E-state index in [0.29, 0.717) is 0 Å². The van der Waals surface area contributed by atoms with Crippen LogP contribution in [0.1, 0.15) is 20.1 Å². The van der Waals surface area contributed by atoms with Crippen molar-refractivity contribution >= 4 is 5.82 Å². The number of nitrogen functional groups attached to an aromatic ring is 1. The fourth-order valence-electron chi connectivity index (χ4n) is 2.13. The molecule has 0 amide bonds. The number of hydrogen-bond donors (Lipinski definition) is 5. The van der Waals surface area contributed by atoms with Crippen LogP contribution in [0.4, 0.5) is 5.82 Å². The first kappa shape index (κ1) is 14.7. The van der Waals surface area contributed by atoms with E-state index in [9.17, 15) is 25.2 Å². The highest BCUT2D eigenvalue weighted by Crippen LogP contribution is 2.34. The van der Waals surface area contributed by atoms with Gasteiger partial charge in [0.25, 0.3) is 0 Å². The van der Waals surface area contributed by atoms with Gasteiger partial charge in [-0.15, -0.1) is 0 Å². The molecule has 2 rings (SSSR count). The van der Waals surface area contributed by atoms with E-state index in [1.807, 2.05) is 0 Å². The fourth-order valence-corrected chi connectivity index (χ4v) is 2.13. The van der Waals surface area contributed by atoms with Gasteiger partial charge in [0.1, 0.15) is 18.3 Å². The molecule has 2 heterocycles. The molecule has 1 fully saturated rings. The van der Waals surface area contributed by atoms with Crippen molar-refractivity contribution in [2.75, 3.05) is 5.73 Å². The van der Waals surface area contributed by atoms with Crippen LogP contribution in [0.2, 0.25) is 0 Å². The van der Waals surface area contributed by atoms with Crippen molar-refractivity contribution in [2.45, 2.75) is 44.0 Å². The van der Waals surface area contributed by atoms with Gasteiger partial charge in [-0.1, -0.05) is 0 Å². The first-order valence-electron chi connectivity index (χ1n) is 5.94. The molecule has 1 aliphatic rings. The number of anilines is 1. The van der Waals surface area contributed by atoms with Crippen LogP contribution in [0, 0.1) is 0 Å². The molecule has 0 aliphatic carbocycles. The van der Waals surface area contributed by atoms with Crippen molar-refractivity contribution in [1.82, 2.24) is 9.55 Å². The zero-order chi connectivity index (χ0) is 15.2. The molecule has 6 N–H and O–H groups in total. The van der Waals surface area contributed by atoms with Gasteiger partial charge in [-0.3, -0.25) is 4.57 Å². The normalized spacial score (nSPS) is 30.6. The Morgan fingerprint density at radius 1 is 1.40 bits per heavy atom. The van der Waals surface area contributed by atoms with E-state index in [1.54, 1.807) is 0 Å². The number of ether oxygens (including phenoxy) is 1. The van der Waals surface area contributed by atoms with Gasteiger partial charge in [-0.2, -0.15) is 4.98 Å². The molecule has 0 bridgehead atoms. The Morgan fingerprint density at radius 3 is 2.50 bits per heavy atom. The molecule has 0 radical (unpaired) electrons. The second-order valence-electron chi connectivity index (χ2n) is 5.28. The van der Waals surface area contributed by atoms with Gasteiger partial charge < -0.3 is 30.9 Å². The van der Waals surface area contributed by atoms with E-state index >= 15 is 0 Å². The number of rotatable bonds is 2. The number of nitrogens with two attached hydrogens (primary N) is 1. The maximum Gasteiger partial charge on any atom is 0.351 e. The average molecular weight is 287 g/mol. The number of aliphatic hydroxyl groups excluding tert-OH is 2. The van der Waals surface area contributed by atoms with E-state index in [0.717, 1.165) is 10.8 Å². The number of hydrogen-bond acceptors (Lipinski definition) is 8. The third-order valence-corrected chi connectivity index (χ3v) is 3.17. The molecule has 1 aromatic rings. The summed E-state index contributed by atoms with van der Waals surface area (Å²) < 4.78 is 6.14. The Labute approximate surface area is 113 Å². The van der Waals surface area contributed by atoms with E-state index in [2.05, 4.69) is 4.98 Å². The minimum absolute atomic E-state index is 0.349. The third-order valence-electron chi connectivity index (χ3n) is 3.17. The monoisotopic (exact) mass is 287 g/mol. The summed E-state index contributed by atoms with van der Waals surface area (Å²) in [7, 11) is 0. The molecule has 0 spiro atoms. The largest absolute Gasteiger partial charge is 0.503 e. The summed E-state index contributed by atoms with van der Waals surface area (Å²) in [5, 5.41) is 39.2. The zero-order valence-corrected chi connectivity index (χ0v) is 11.0. The fraction of sp³-hybridized carbons (Fsp3) is 0.636. The molecule has 9 nitrogen and oxygen atoms in total. The van der Waals surface area contributed by atoms with E-state index in [1.165, 1.54) is 13.8 Å². The number of aromatic hydroxyl groups is 1. The van der Waals surface area contributed by atoms with Crippen LogP contribution in [-0.4, -0.2) is 53.9 Å². The van der Waals surface area contributed by atoms with Crippen molar-refractivity contribution in [1.29, 1.82) is 0 Å². The number of aliphatic hydroxyl groups is 3. The Morgan fingerprint density at radius 2 is 2.00 bits per heavy atom. The van der Waals surface area contributed by atoms with Crippen molar-refractivity contribution in [3.63, 3.8) is 0 Å². The highest BCUT2D eigenvalue weighted by atomic mass is 16.6. The standard InChI is InChI=1S/C11H17N3O6/c1-11(2,19)7-5(16)6(17)9(20-7)14-3-4(15)8(12)13-10(14)18/h3,5-7,9,15-17,19H,1-2H3,(H2,12,13,18)/t5-,6+,7-,9+/m0/s1. The van der Waals surface area contributed by atoms with Crippen LogP contribution in [0.5, 0.6) is 5.75 Å². The average Bonchev–Trinajstić information content (AvgIpc) is 2.61. The van der Waals surface area contributed by atoms with Crippen LogP contribution in [0.15, 0.2) is 11.0 Å². The van der Waals surface area contributed by atoms with Crippen molar-refractivity contribution in [3.05, 3.63) is 16.7 Å². The molecule has 20 heavy (non-hydrogen) atoms. The summed E-state index contributed by atoms with van der Waals surface area (Å²) in [5.41, 5.74) is 3.00. The van der Waals surface area contributed by atoms with Gasteiger partial charge in [0.05, 0.1) is 11.8 Å². The van der Waals surface area contributed by atoms with Crippen LogP contribution in [-0.2, 0) is 4.74 Å². The maximum absolute atomic E-state index is 11.7. The van der Waals surface area contributed by atoms with Crippen molar-refractivity contribution in [2.24, 2.45) is 0 Å². The summed E-state index contributed by atoms with van der Waals surface area (Å²) in [6.45, 7) is 2.80. The highest BCUT2D eigenvalue weighted by Gasteiger charge is 2.50. The maximum atomic E-state index is 11.7. The summed E-state index contributed by atoms with van der Waals surface area (Å²) >= 11 is 0. The minimum Gasteiger partial charge on any atom is -0.503 e.